The average molecular weight is 310 g/mol. The van der Waals surface area contributed by atoms with Crippen LogP contribution in [0.3, 0.4) is 0 Å². The number of halogens is 2. The van der Waals surface area contributed by atoms with Crippen LogP contribution in [-0.2, 0) is 0 Å². The molecule has 0 fully saturated rings. The predicted molar refractivity (Wildman–Crippen MR) is 84.4 cm³/mol. The number of para-hydroxylation sites is 1. The summed E-state index contributed by atoms with van der Waals surface area (Å²) in [6.45, 7) is 0. The summed E-state index contributed by atoms with van der Waals surface area (Å²) in [5, 5.41) is 5.94. The van der Waals surface area contributed by atoms with Gasteiger partial charge in [-0.15, -0.1) is 11.8 Å². The summed E-state index contributed by atoms with van der Waals surface area (Å²) < 4.78 is 26.3. The van der Waals surface area contributed by atoms with Gasteiger partial charge in [-0.1, -0.05) is 12.1 Å². The average Bonchev–Trinajstić information content (AvgIpc) is 2.42. The van der Waals surface area contributed by atoms with Crippen molar-refractivity contribution in [2.45, 2.75) is 4.90 Å². The summed E-state index contributed by atoms with van der Waals surface area (Å²) in [5.41, 5.74) is 0.963. The third-order valence-corrected chi connectivity index (χ3v) is 3.53. The van der Waals surface area contributed by atoms with Gasteiger partial charge < -0.3 is 10.6 Å². The molecule has 0 aliphatic heterocycles. The van der Waals surface area contributed by atoms with Crippen molar-refractivity contribution in [1.82, 2.24) is 0 Å². The Morgan fingerprint density at radius 1 is 1.05 bits per heavy atom. The Morgan fingerprint density at radius 2 is 1.75 bits per heavy atom. The molecule has 0 heterocycles. The van der Waals surface area contributed by atoms with Gasteiger partial charge in [0, 0.05) is 11.0 Å². The molecule has 0 unspecified atom stereocenters. The highest BCUT2D eigenvalue weighted by Gasteiger charge is 2.07. The SMILES string of the molecule is CSc1ccccc1NC(=S)Nc1ccc(F)cc1F. The molecule has 2 aromatic carbocycles. The Morgan fingerprint density at radius 3 is 2.45 bits per heavy atom. The summed E-state index contributed by atoms with van der Waals surface area (Å²) in [6, 6.07) is 10.9. The van der Waals surface area contributed by atoms with Crippen molar-refractivity contribution in [1.29, 1.82) is 0 Å². The molecule has 0 saturated heterocycles. The lowest BCUT2D eigenvalue weighted by molar-refractivity contribution is 0.586. The van der Waals surface area contributed by atoms with Gasteiger partial charge in [0.15, 0.2) is 5.11 Å². The molecule has 0 radical (unpaired) electrons. The fourth-order valence-corrected chi connectivity index (χ4v) is 2.39. The fraction of sp³-hybridized carbons (Fsp3) is 0.0714. The van der Waals surface area contributed by atoms with E-state index in [1.165, 1.54) is 12.1 Å². The lowest BCUT2D eigenvalue weighted by Crippen LogP contribution is -2.20. The van der Waals surface area contributed by atoms with Crippen LogP contribution in [0, 0.1) is 11.6 Å². The monoisotopic (exact) mass is 310 g/mol. The van der Waals surface area contributed by atoms with Gasteiger partial charge >= 0.3 is 0 Å². The van der Waals surface area contributed by atoms with Gasteiger partial charge in [0.05, 0.1) is 11.4 Å². The van der Waals surface area contributed by atoms with Crippen molar-refractivity contribution in [2.24, 2.45) is 0 Å². The summed E-state index contributed by atoms with van der Waals surface area (Å²) in [7, 11) is 0. The molecule has 0 atom stereocenters. The largest absolute Gasteiger partial charge is 0.332 e. The van der Waals surface area contributed by atoms with E-state index in [2.05, 4.69) is 10.6 Å². The molecule has 6 heteroatoms. The number of thiocarbonyl (C=S) groups is 1. The van der Waals surface area contributed by atoms with Gasteiger partial charge in [-0.2, -0.15) is 0 Å². The molecular weight excluding hydrogens is 298 g/mol. The van der Waals surface area contributed by atoms with Crippen LogP contribution < -0.4 is 10.6 Å². The second kappa shape index (κ2) is 6.67. The molecule has 0 saturated carbocycles. The van der Waals surface area contributed by atoms with E-state index in [9.17, 15) is 8.78 Å². The molecule has 20 heavy (non-hydrogen) atoms. The number of hydrogen-bond donors (Lipinski definition) is 2. The van der Waals surface area contributed by atoms with Crippen LogP contribution in [0.15, 0.2) is 47.4 Å². The van der Waals surface area contributed by atoms with Crippen LogP contribution in [0.25, 0.3) is 0 Å². The third-order valence-electron chi connectivity index (χ3n) is 2.53. The summed E-state index contributed by atoms with van der Waals surface area (Å²) in [6.07, 6.45) is 1.95. The van der Waals surface area contributed by atoms with E-state index in [0.717, 1.165) is 16.6 Å². The zero-order valence-corrected chi connectivity index (χ0v) is 12.2. The maximum absolute atomic E-state index is 13.5. The second-order valence-corrected chi connectivity index (χ2v) is 5.16. The van der Waals surface area contributed by atoms with Crippen molar-refractivity contribution >= 4 is 40.5 Å². The van der Waals surface area contributed by atoms with Crippen molar-refractivity contribution in [3.8, 4) is 0 Å². The molecule has 2 N–H and O–H groups in total. The maximum Gasteiger partial charge on any atom is 0.175 e. The van der Waals surface area contributed by atoms with E-state index in [4.69, 9.17) is 12.2 Å². The Kier molecular flexibility index (Phi) is 4.92. The molecule has 0 aliphatic rings. The van der Waals surface area contributed by atoms with Gasteiger partial charge in [-0.25, -0.2) is 8.78 Å². The van der Waals surface area contributed by atoms with Crippen LogP contribution in [0.5, 0.6) is 0 Å². The minimum Gasteiger partial charge on any atom is -0.332 e. The Hall–Kier alpha value is -1.66. The normalized spacial score (nSPS) is 10.2. The van der Waals surface area contributed by atoms with E-state index >= 15 is 0 Å². The molecule has 0 aliphatic carbocycles. The second-order valence-electron chi connectivity index (χ2n) is 3.90. The number of rotatable bonds is 3. The van der Waals surface area contributed by atoms with Gasteiger partial charge in [-0.05, 0) is 42.7 Å². The molecule has 2 aromatic rings. The number of anilines is 2. The van der Waals surface area contributed by atoms with Crippen molar-refractivity contribution in [2.75, 3.05) is 16.9 Å². The van der Waals surface area contributed by atoms with Gasteiger partial charge in [-0.3, -0.25) is 0 Å². The molecule has 104 valence electrons. The minimum atomic E-state index is -0.688. The first-order valence-corrected chi connectivity index (χ1v) is 7.39. The summed E-state index contributed by atoms with van der Waals surface area (Å²) in [4.78, 5) is 1.02. The topological polar surface area (TPSA) is 24.1 Å². The van der Waals surface area contributed by atoms with E-state index in [-0.39, 0.29) is 10.8 Å². The van der Waals surface area contributed by atoms with Crippen LogP contribution in [0.4, 0.5) is 20.2 Å². The first-order chi connectivity index (χ1) is 9.60. The first kappa shape index (κ1) is 14.7. The van der Waals surface area contributed by atoms with Crippen molar-refractivity contribution in [3.63, 3.8) is 0 Å². The zero-order chi connectivity index (χ0) is 14.5. The van der Waals surface area contributed by atoms with Crippen LogP contribution in [-0.4, -0.2) is 11.4 Å². The van der Waals surface area contributed by atoms with Crippen molar-refractivity contribution < 1.29 is 8.78 Å². The smallest absolute Gasteiger partial charge is 0.175 e. The van der Waals surface area contributed by atoms with E-state index in [1.54, 1.807) is 11.8 Å². The Labute approximate surface area is 125 Å². The molecule has 0 spiro atoms. The number of thioether (sulfide) groups is 1. The highest BCUT2D eigenvalue weighted by atomic mass is 32.2. The minimum absolute atomic E-state index is 0.130. The third kappa shape index (κ3) is 3.68. The standard InChI is InChI=1S/C14H12F2N2S2/c1-20-13-5-3-2-4-12(13)18-14(19)17-11-7-6-9(15)8-10(11)16/h2-8H,1H3,(H2,17,18,19). The lowest BCUT2D eigenvalue weighted by Gasteiger charge is -2.13. The van der Waals surface area contributed by atoms with Gasteiger partial charge in [0.2, 0.25) is 0 Å². The van der Waals surface area contributed by atoms with E-state index in [1.807, 2.05) is 30.5 Å². The fourth-order valence-electron chi connectivity index (χ4n) is 1.61. The van der Waals surface area contributed by atoms with Crippen LogP contribution in [0.2, 0.25) is 0 Å². The highest BCUT2D eigenvalue weighted by Crippen LogP contribution is 2.25. The van der Waals surface area contributed by atoms with Crippen LogP contribution >= 0.6 is 24.0 Å². The molecular formula is C14H12F2N2S2. The quantitative estimate of drug-likeness (QED) is 0.644. The molecule has 0 amide bonds. The Bertz CT molecular complexity index is 632. The van der Waals surface area contributed by atoms with E-state index in [0.29, 0.717) is 0 Å². The van der Waals surface area contributed by atoms with Crippen molar-refractivity contribution in [3.05, 3.63) is 54.1 Å². The predicted octanol–water partition coefficient (Wildman–Crippen LogP) is 4.50. The molecule has 2 rings (SSSR count). The maximum atomic E-state index is 13.5. The van der Waals surface area contributed by atoms with Gasteiger partial charge in [0.1, 0.15) is 11.6 Å². The van der Waals surface area contributed by atoms with Crippen LogP contribution in [0.1, 0.15) is 0 Å². The number of benzene rings is 2. The summed E-state index contributed by atoms with van der Waals surface area (Å²) >= 11 is 6.70. The van der Waals surface area contributed by atoms with Gasteiger partial charge in [0.25, 0.3) is 0 Å². The summed E-state index contributed by atoms with van der Waals surface area (Å²) in [5.74, 6) is -1.31. The molecule has 0 aromatic heterocycles. The molecule has 2 nitrogen and oxygen atoms in total. The molecule has 0 bridgehead atoms. The van der Waals surface area contributed by atoms with E-state index < -0.39 is 11.6 Å². The number of hydrogen-bond acceptors (Lipinski definition) is 2. The first-order valence-electron chi connectivity index (χ1n) is 5.76. The highest BCUT2D eigenvalue weighted by molar-refractivity contribution is 7.98. The zero-order valence-electron chi connectivity index (χ0n) is 10.6. The number of nitrogens with one attached hydrogen (secondary N) is 2. The Balaban J connectivity index is 2.09. The lowest BCUT2D eigenvalue weighted by atomic mass is 10.3.